The Labute approximate surface area is 123 Å². The molecule has 0 unspecified atom stereocenters. The van der Waals surface area contributed by atoms with E-state index in [0.717, 1.165) is 5.39 Å². The van der Waals surface area contributed by atoms with E-state index in [1.54, 1.807) is 18.2 Å². The summed E-state index contributed by atoms with van der Waals surface area (Å²) in [6.45, 7) is 4.31. The van der Waals surface area contributed by atoms with E-state index < -0.39 is 10.5 Å². The van der Waals surface area contributed by atoms with Crippen LogP contribution in [0.4, 0.5) is 11.5 Å². The molecular formula is C15H19N3O3. The molecule has 0 saturated heterocycles. The second kappa shape index (κ2) is 6.05. The summed E-state index contributed by atoms with van der Waals surface area (Å²) >= 11 is 0. The predicted molar refractivity (Wildman–Crippen MR) is 82.4 cm³/mol. The number of pyridine rings is 1. The summed E-state index contributed by atoms with van der Waals surface area (Å²) in [6, 6.07) is 8.12. The van der Waals surface area contributed by atoms with Gasteiger partial charge < -0.3 is 10.4 Å². The fourth-order valence-corrected chi connectivity index (χ4v) is 2.08. The lowest BCUT2D eigenvalue weighted by Gasteiger charge is -2.25. The van der Waals surface area contributed by atoms with Crippen LogP contribution in [0.3, 0.4) is 0 Å². The molecule has 0 bridgehead atoms. The zero-order chi connectivity index (χ0) is 15.5. The molecule has 0 fully saturated rings. The van der Waals surface area contributed by atoms with Crippen LogP contribution in [0.25, 0.3) is 10.9 Å². The fraction of sp³-hybridized carbons (Fsp3) is 0.400. The summed E-state index contributed by atoms with van der Waals surface area (Å²) in [5.74, 6) is 0.650. The number of nitro benzene ring substituents is 1. The Bertz CT molecular complexity index is 654. The van der Waals surface area contributed by atoms with Crippen LogP contribution in [0.15, 0.2) is 30.3 Å². The molecule has 0 atom stereocenters. The van der Waals surface area contributed by atoms with Crippen molar-refractivity contribution in [2.45, 2.75) is 32.3 Å². The highest BCUT2D eigenvalue weighted by molar-refractivity contribution is 5.82. The first kappa shape index (κ1) is 15.2. The van der Waals surface area contributed by atoms with Crippen LogP contribution in [-0.4, -0.2) is 27.2 Å². The van der Waals surface area contributed by atoms with Crippen molar-refractivity contribution < 1.29 is 10.0 Å². The largest absolute Gasteiger partial charge is 0.388 e. The van der Waals surface area contributed by atoms with Crippen LogP contribution in [0.1, 0.15) is 26.7 Å². The number of rotatable bonds is 6. The molecule has 0 aliphatic carbocycles. The molecule has 0 spiro atoms. The third-order valence-electron chi connectivity index (χ3n) is 3.80. The number of nitrogens with one attached hydrogen (secondary N) is 1. The molecule has 1 aromatic heterocycles. The third-order valence-corrected chi connectivity index (χ3v) is 3.80. The van der Waals surface area contributed by atoms with Crippen LogP contribution < -0.4 is 5.32 Å². The maximum atomic E-state index is 10.7. The molecule has 21 heavy (non-hydrogen) atoms. The first-order chi connectivity index (χ1) is 9.97. The van der Waals surface area contributed by atoms with Crippen LogP contribution in [0.5, 0.6) is 0 Å². The van der Waals surface area contributed by atoms with Crippen LogP contribution in [0, 0.1) is 10.1 Å². The lowest BCUT2D eigenvalue weighted by molar-refractivity contribution is -0.384. The molecule has 0 radical (unpaired) electrons. The Hall–Kier alpha value is -2.21. The number of anilines is 1. The van der Waals surface area contributed by atoms with Gasteiger partial charge in [-0.1, -0.05) is 13.8 Å². The van der Waals surface area contributed by atoms with Crippen LogP contribution in [-0.2, 0) is 0 Å². The highest BCUT2D eigenvalue weighted by Gasteiger charge is 2.21. The van der Waals surface area contributed by atoms with Gasteiger partial charge in [0.25, 0.3) is 5.69 Å². The second-order valence-electron chi connectivity index (χ2n) is 5.12. The van der Waals surface area contributed by atoms with Crippen molar-refractivity contribution in [1.82, 2.24) is 4.98 Å². The van der Waals surface area contributed by atoms with E-state index in [0.29, 0.717) is 30.7 Å². The molecule has 112 valence electrons. The Kier molecular flexibility index (Phi) is 4.37. The summed E-state index contributed by atoms with van der Waals surface area (Å²) < 4.78 is 0. The van der Waals surface area contributed by atoms with E-state index in [2.05, 4.69) is 10.3 Å². The van der Waals surface area contributed by atoms with Crippen molar-refractivity contribution in [2.24, 2.45) is 0 Å². The molecule has 0 aliphatic rings. The van der Waals surface area contributed by atoms with Crippen molar-refractivity contribution >= 4 is 22.4 Å². The minimum atomic E-state index is -0.744. The van der Waals surface area contributed by atoms with E-state index in [1.807, 2.05) is 13.8 Å². The van der Waals surface area contributed by atoms with Crippen molar-refractivity contribution in [3.8, 4) is 0 Å². The normalized spacial score (nSPS) is 11.6. The molecule has 2 rings (SSSR count). The minimum Gasteiger partial charge on any atom is -0.388 e. The van der Waals surface area contributed by atoms with Gasteiger partial charge in [-0.2, -0.15) is 0 Å². The maximum absolute atomic E-state index is 10.7. The van der Waals surface area contributed by atoms with E-state index in [4.69, 9.17) is 0 Å². The summed E-state index contributed by atoms with van der Waals surface area (Å²) in [5, 5.41) is 24.8. The highest BCUT2D eigenvalue weighted by atomic mass is 16.6. The number of hydrogen-bond acceptors (Lipinski definition) is 5. The zero-order valence-electron chi connectivity index (χ0n) is 12.2. The SMILES string of the molecule is CCC(O)(CC)CNc1ccc2cc([N+](=O)[O-])ccc2n1. The molecule has 6 heteroatoms. The first-order valence-electron chi connectivity index (χ1n) is 6.99. The van der Waals surface area contributed by atoms with Crippen molar-refractivity contribution in [3.05, 3.63) is 40.4 Å². The summed E-state index contributed by atoms with van der Waals surface area (Å²) in [5.41, 5.74) is -0.00923. The van der Waals surface area contributed by atoms with E-state index in [-0.39, 0.29) is 5.69 Å². The van der Waals surface area contributed by atoms with Gasteiger partial charge in [0.15, 0.2) is 0 Å². The fourth-order valence-electron chi connectivity index (χ4n) is 2.08. The Balaban J connectivity index is 2.20. The van der Waals surface area contributed by atoms with Crippen molar-refractivity contribution in [3.63, 3.8) is 0 Å². The second-order valence-corrected chi connectivity index (χ2v) is 5.12. The Morgan fingerprint density at radius 1 is 1.29 bits per heavy atom. The first-order valence-corrected chi connectivity index (χ1v) is 6.99. The topological polar surface area (TPSA) is 88.3 Å². The molecule has 0 amide bonds. The lowest BCUT2D eigenvalue weighted by atomic mass is 9.98. The number of benzene rings is 1. The number of aliphatic hydroxyl groups is 1. The van der Waals surface area contributed by atoms with Gasteiger partial charge in [0.2, 0.25) is 0 Å². The Morgan fingerprint density at radius 3 is 2.62 bits per heavy atom. The highest BCUT2D eigenvalue weighted by Crippen LogP contribution is 2.22. The number of hydrogen-bond donors (Lipinski definition) is 2. The average Bonchev–Trinajstić information content (AvgIpc) is 2.51. The molecule has 2 N–H and O–H groups in total. The number of fused-ring (bicyclic) bond motifs is 1. The summed E-state index contributed by atoms with van der Waals surface area (Å²) in [6.07, 6.45) is 1.33. The molecule has 1 aromatic carbocycles. The van der Waals surface area contributed by atoms with Gasteiger partial charge >= 0.3 is 0 Å². The predicted octanol–water partition coefficient (Wildman–Crippen LogP) is 3.11. The van der Waals surface area contributed by atoms with Crippen molar-refractivity contribution in [2.75, 3.05) is 11.9 Å². The van der Waals surface area contributed by atoms with Crippen LogP contribution >= 0.6 is 0 Å². The quantitative estimate of drug-likeness (QED) is 0.630. The van der Waals surface area contributed by atoms with E-state index in [1.165, 1.54) is 12.1 Å². The molecule has 0 saturated carbocycles. The summed E-state index contributed by atoms with van der Waals surface area (Å²) in [4.78, 5) is 14.7. The van der Waals surface area contributed by atoms with Gasteiger partial charge in [-0.25, -0.2) is 4.98 Å². The van der Waals surface area contributed by atoms with E-state index in [9.17, 15) is 15.2 Å². The molecule has 6 nitrogen and oxygen atoms in total. The van der Waals surface area contributed by atoms with E-state index >= 15 is 0 Å². The van der Waals surface area contributed by atoms with Crippen LogP contribution in [0.2, 0.25) is 0 Å². The molecular weight excluding hydrogens is 270 g/mol. The van der Waals surface area contributed by atoms with Gasteiger partial charge in [-0.3, -0.25) is 10.1 Å². The van der Waals surface area contributed by atoms with Crippen molar-refractivity contribution in [1.29, 1.82) is 0 Å². The van der Waals surface area contributed by atoms with Gasteiger partial charge in [-0.05, 0) is 31.0 Å². The van der Waals surface area contributed by atoms with Gasteiger partial charge in [-0.15, -0.1) is 0 Å². The lowest BCUT2D eigenvalue weighted by Crippen LogP contribution is -2.35. The number of nitro groups is 1. The zero-order valence-corrected chi connectivity index (χ0v) is 12.2. The number of nitrogens with zero attached hydrogens (tertiary/aromatic N) is 2. The smallest absolute Gasteiger partial charge is 0.270 e. The minimum absolute atomic E-state index is 0.0522. The standard InChI is InChI=1S/C15H19N3O3/c1-3-15(19,4-2)10-16-14-8-5-11-9-12(18(20)21)6-7-13(11)17-14/h5-9,19H,3-4,10H2,1-2H3,(H,16,17). The monoisotopic (exact) mass is 289 g/mol. The molecule has 1 heterocycles. The third kappa shape index (κ3) is 3.46. The number of non-ortho nitro benzene ring substituents is 1. The maximum Gasteiger partial charge on any atom is 0.270 e. The van der Waals surface area contributed by atoms with Gasteiger partial charge in [0.05, 0.1) is 16.0 Å². The number of aromatic nitrogens is 1. The summed E-state index contributed by atoms with van der Waals surface area (Å²) in [7, 11) is 0. The molecule has 0 aliphatic heterocycles. The average molecular weight is 289 g/mol. The van der Waals surface area contributed by atoms with Gasteiger partial charge in [0.1, 0.15) is 5.82 Å². The Morgan fingerprint density at radius 2 is 2.00 bits per heavy atom. The van der Waals surface area contributed by atoms with Gasteiger partial charge in [0, 0.05) is 24.1 Å². The molecule has 2 aromatic rings.